The number of aliphatic hydroxyl groups is 1. The molecule has 0 aliphatic heterocycles. The highest BCUT2D eigenvalue weighted by atomic mass is 32.2. The van der Waals surface area contributed by atoms with Crippen molar-refractivity contribution in [3.63, 3.8) is 0 Å². The molecule has 0 unspecified atom stereocenters. The van der Waals surface area contributed by atoms with Gasteiger partial charge in [0, 0.05) is 7.05 Å². The van der Waals surface area contributed by atoms with E-state index in [1.807, 2.05) is 30.3 Å². The van der Waals surface area contributed by atoms with E-state index in [0.29, 0.717) is 22.4 Å². The van der Waals surface area contributed by atoms with Crippen LogP contribution in [0.25, 0.3) is 27.6 Å². The first-order chi connectivity index (χ1) is 14.0. The number of aliphatic hydroxyl groups excluding tert-OH is 1. The summed E-state index contributed by atoms with van der Waals surface area (Å²) < 4.78 is 29.6. The molecular formula is C20H15F2N5OS. The van der Waals surface area contributed by atoms with Gasteiger partial charge >= 0.3 is 6.55 Å². The number of rotatable bonds is 5. The van der Waals surface area contributed by atoms with Gasteiger partial charge in [0.1, 0.15) is 17.4 Å². The van der Waals surface area contributed by atoms with Gasteiger partial charge in [-0.1, -0.05) is 36.0 Å². The van der Waals surface area contributed by atoms with E-state index >= 15 is 0 Å². The first kappa shape index (κ1) is 19.0. The zero-order chi connectivity index (χ0) is 20.5. The molecule has 1 N–H and O–H groups in total. The maximum atomic E-state index is 13.5. The summed E-state index contributed by atoms with van der Waals surface area (Å²) in [5, 5.41) is 20.2. The highest BCUT2D eigenvalue weighted by Crippen LogP contribution is 2.31. The minimum absolute atomic E-state index is 0.00379. The summed E-state index contributed by atoms with van der Waals surface area (Å²) in [5.74, 6) is -0.0276. The predicted molar refractivity (Wildman–Crippen MR) is 108 cm³/mol. The molecule has 146 valence electrons. The second kappa shape index (κ2) is 7.56. The lowest BCUT2D eigenvalue weighted by atomic mass is 10.2. The molecule has 0 amide bonds. The Morgan fingerprint density at radius 2 is 1.72 bits per heavy atom. The van der Waals surface area contributed by atoms with Gasteiger partial charge < -0.3 is 9.67 Å². The van der Waals surface area contributed by atoms with Gasteiger partial charge in [0.25, 0.3) is 0 Å². The molecule has 2 heterocycles. The molecule has 6 nitrogen and oxygen atoms in total. The third-order valence-electron chi connectivity index (χ3n) is 4.51. The maximum absolute atomic E-state index is 13.5. The topological polar surface area (TPSA) is 79.7 Å². The van der Waals surface area contributed by atoms with Crippen LogP contribution in [-0.2, 0) is 7.05 Å². The van der Waals surface area contributed by atoms with E-state index < -0.39 is 6.55 Å². The molecule has 4 aromatic rings. The fourth-order valence-electron chi connectivity index (χ4n) is 3.13. The summed E-state index contributed by atoms with van der Waals surface area (Å²) in [5.41, 5.74) is 2.25. The molecule has 4 rings (SSSR count). The molecule has 29 heavy (non-hydrogen) atoms. The third-order valence-corrected chi connectivity index (χ3v) is 5.47. The standard InChI is InChI=1S/C20H15F2N5OS/c1-26-15-8-4-2-6-13(15)24-18(26)12(10-23)17(28)11-29-20-25-14-7-3-5-9-16(14)27(20)19(21)22/h2-9,19,28H,11H2,1H3/b17-12-. The van der Waals surface area contributed by atoms with Crippen molar-refractivity contribution in [2.24, 2.45) is 7.05 Å². The van der Waals surface area contributed by atoms with E-state index in [2.05, 4.69) is 9.97 Å². The number of allylic oxidation sites excluding steroid dienone is 1. The summed E-state index contributed by atoms with van der Waals surface area (Å²) >= 11 is 0.936. The van der Waals surface area contributed by atoms with Crippen molar-refractivity contribution in [3.05, 3.63) is 60.1 Å². The predicted octanol–water partition coefficient (Wildman–Crippen LogP) is 4.90. The van der Waals surface area contributed by atoms with E-state index in [1.165, 1.54) is 0 Å². The molecule has 0 aliphatic rings. The highest BCUT2D eigenvalue weighted by molar-refractivity contribution is 7.99. The van der Waals surface area contributed by atoms with Gasteiger partial charge in [-0.05, 0) is 24.3 Å². The van der Waals surface area contributed by atoms with E-state index in [9.17, 15) is 19.1 Å². The van der Waals surface area contributed by atoms with Gasteiger partial charge in [-0.3, -0.25) is 4.57 Å². The van der Waals surface area contributed by atoms with Crippen LogP contribution in [-0.4, -0.2) is 30.0 Å². The van der Waals surface area contributed by atoms with Crippen molar-refractivity contribution in [1.29, 1.82) is 5.26 Å². The van der Waals surface area contributed by atoms with Crippen LogP contribution in [0.1, 0.15) is 12.4 Å². The Morgan fingerprint density at radius 3 is 2.34 bits per heavy atom. The number of hydrogen-bond donors (Lipinski definition) is 1. The van der Waals surface area contributed by atoms with Gasteiger partial charge in [-0.2, -0.15) is 14.0 Å². The molecule has 0 aliphatic carbocycles. The van der Waals surface area contributed by atoms with Crippen LogP contribution < -0.4 is 0 Å². The number of aryl methyl sites for hydroxylation is 1. The number of aromatic nitrogens is 4. The minimum Gasteiger partial charge on any atom is -0.510 e. The number of halogens is 2. The quantitative estimate of drug-likeness (QED) is 0.287. The molecule has 9 heteroatoms. The second-order valence-electron chi connectivity index (χ2n) is 6.24. The Hall–Kier alpha value is -3.38. The lowest BCUT2D eigenvalue weighted by Gasteiger charge is -2.08. The first-order valence-electron chi connectivity index (χ1n) is 8.63. The Labute approximate surface area is 168 Å². The van der Waals surface area contributed by atoms with Crippen molar-refractivity contribution in [2.45, 2.75) is 11.7 Å². The Kier molecular flexibility index (Phi) is 4.94. The first-order valence-corrected chi connectivity index (χ1v) is 9.61. The third kappa shape index (κ3) is 3.32. The zero-order valence-corrected chi connectivity index (χ0v) is 16.1. The number of alkyl halides is 2. The molecule has 0 bridgehead atoms. The molecule has 0 spiro atoms. The molecule has 0 fully saturated rings. The lowest BCUT2D eigenvalue weighted by molar-refractivity contribution is 0.0656. The van der Waals surface area contributed by atoms with Crippen molar-refractivity contribution < 1.29 is 13.9 Å². The molecule has 0 saturated carbocycles. The SMILES string of the molecule is Cn1c(/C(C#N)=C(\O)CSc2nc3ccccc3n2C(F)F)nc2ccccc21. The van der Waals surface area contributed by atoms with Crippen LogP contribution in [0.3, 0.4) is 0 Å². The van der Waals surface area contributed by atoms with Gasteiger partial charge in [-0.15, -0.1) is 0 Å². The average Bonchev–Trinajstić information content (AvgIpc) is 3.25. The van der Waals surface area contributed by atoms with Crippen molar-refractivity contribution in [3.8, 4) is 6.07 Å². The van der Waals surface area contributed by atoms with Crippen molar-refractivity contribution >= 4 is 39.4 Å². The van der Waals surface area contributed by atoms with Gasteiger partial charge in [0.2, 0.25) is 0 Å². The van der Waals surface area contributed by atoms with Gasteiger partial charge in [0.05, 0.1) is 27.8 Å². The molecule has 2 aromatic carbocycles. The minimum atomic E-state index is -2.77. The van der Waals surface area contributed by atoms with Gasteiger partial charge in [-0.25, -0.2) is 9.97 Å². The van der Waals surface area contributed by atoms with E-state index in [4.69, 9.17) is 0 Å². The van der Waals surface area contributed by atoms with E-state index in [-0.39, 0.29) is 22.2 Å². The second-order valence-corrected chi connectivity index (χ2v) is 7.18. The molecule has 2 aromatic heterocycles. The Morgan fingerprint density at radius 1 is 1.10 bits per heavy atom. The van der Waals surface area contributed by atoms with Crippen LogP contribution in [0.2, 0.25) is 0 Å². The summed E-state index contributed by atoms with van der Waals surface area (Å²) in [7, 11) is 1.75. The highest BCUT2D eigenvalue weighted by Gasteiger charge is 2.20. The van der Waals surface area contributed by atoms with Crippen molar-refractivity contribution in [2.75, 3.05) is 5.75 Å². The summed E-state index contributed by atoms with van der Waals surface area (Å²) in [6.45, 7) is -2.77. The Balaban J connectivity index is 1.69. The zero-order valence-electron chi connectivity index (χ0n) is 15.3. The fraction of sp³-hybridized carbons (Fsp3) is 0.150. The Bertz CT molecular complexity index is 1290. The number of fused-ring (bicyclic) bond motifs is 2. The monoisotopic (exact) mass is 411 g/mol. The number of thioether (sulfide) groups is 1. The van der Waals surface area contributed by atoms with Gasteiger partial charge in [0.15, 0.2) is 11.0 Å². The summed E-state index contributed by atoms with van der Waals surface area (Å²) in [4.78, 5) is 8.64. The largest absolute Gasteiger partial charge is 0.510 e. The maximum Gasteiger partial charge on any atom is 0.321 e. The molecule has 0 atom stereocenters. The molecule has 0 saturated heterocycles. The van der Waals surface area contributed by atoms with E-state index in [1.54, 1.807) is 35.9 Å². The fourth-order valence-corrected chi connectivity index (χ4v) is 4.02. The normalized spacial score (nSPS) is 12.5. The van der Waals surface area contributed by atoms with Crippen LogP contribution in [0.15, 0.2) is 59.4 Å². The molecule has 0 radical (unpaired) electrons. The number of nitrogens with zero attached hydrogens (tertiary/aromatic N) is 5. The smallest absolute Gasteiger partial charge is 0.321 e. The number of imidazole rings is 2. The van der Waals surface area contributed by atoms with Crippen LogP contribution in [0.5, 0.6) is 0 Å². The van der Waals surface area contributed by atoms with Crippen LogP contribution in [0.4, 0.5) is 8.78 Å². The summed E-state index contributed by atoms with van der Waals surface area (Å²) in [6.07, 6.45) is 0. The number of para-hydroxylation sites is 4. The number of hydrogen-bond acceptors (Lipinski definition) is 5. The van der Waals surface area contributed by atoms with E-state index in [0.717, 1.165) is 21.8 Å². The lowest BCUT2D eigenvalue weighted by Crippen LogP contribution is -2.03. The average molecular weight is 411 g/mol. The van der Waals surface area contributed by atoms with Crippen LogP contribution >= 0.6 is 11.8 Å². The van der Waals surface area contributed by atoms with Crippen LogP contribution in [0, 0.1) is 11.3 Å². The van der Waals surface area contributed by atoms with Crippen molar-refractivity contribution in [1.82, 2.24) is 19.1 Å². The summed E-state index contributed by atoms with van der Waals surface area (Å²) in [6, 6.07) is 15.9. The number of nitriles is 1. The number of benzene rings is 2. The molecular weight excluding hydrogens is 396 g/mol.